The molecule has 0 saturated heterocycles. The van der Waals surface area contributed by atoms with Gasteiger partial charge in [-0.05, 0) is 56.8 Å². The van der Waals surface area contributed by atoms with Crippen LogP contribution in [0, 0.1) is 0 Å². The van der Waals surface area contributed by atoms with Crippen molar-refractivity contribution in [2.75, 3.05) is 0 Å². The molecule has 0 heterocycles. The zero-order valence-corrected chi connectivity index (χ0v) is 20.7. The van der Waals surface area contributed by atoms with E-state index in [1.54, 1.807) is 0 Å². The summed E-state index contributed by atoms with van der Waals surface area (Å²) in [5.74, 6) is 0. The molecule has 0 aromatic heterocycles. The largest absolute Gasteiger partial charge is 0.392 e. The van der Waals surface area contributed by atoms with Gasteiger partial charge in [0.1, 0.15) is 0 Å². The molecule has 3 aromatic rings. The first kappa shape index (κ1) is 22.5. The van der Waals surface area contributed by atoms with Crippen molar-refractivity contribution in [3.8, 4) is 0 Å². The third-order valence-electron chi connectivity index (χ3n) is 6.60. The summed E-state index contributed by atoms with van der Waals surface area (Å²) >= 11 is 0. The van der Waals surface area contributed by atoms with E-state index in [9.17, 15) is 5.11 Å². The highest BCUT2D eigenvalue weighted by molar-refractivity contribution is 6.82. The molecular formula is C30H34OSi. The molecule has 1 aliphatic carbocycles. The summed E-state index contributed by atoms with van der Waals surface area (Å²) in [5.41, 5.74) is 11.6. The summed E-state index contributed by atoms with van der Waals surface area (Å²) in [4.78, 5) is 0. The molecule has 0 radical (unpaired) electrons. The first-order chi connectivity index (χ1) is 15.3. The first-order valence-corrected chi connectivity index (χ1v) is 14.8. The van der Waals surface area contributed by atoms with Crippen LogP contribution in [0.2, 0.25) is 13.1 Å². The highest BCUT2D eigenvalue weighted by atomic mass is 28.3. The van der Waals surface area contributed by atoms with Crippen LogP contribution in [-0.4, -0.2) is 13.2 Å². The molecule has 0 unspecified atom stereocenters. The maximum Gasteiger partial charge on any atom is 0.0760 e. The lowest BCUT2D eigenvalue weighted by Crippen LogP contribution is -2.27. The molecule has 0 atom stereocenters. The SMILES string of the molecule is CC1(C)CC=C(c2ccccc2)c2cc(C[Si](C)(C)/C=C\c3ccccc3CO)ccc21. The average Bonchev–Trinajstić information content (AvgIpc) is 2.78. The molecule has 2 heteroatoms. The predicted octanol–water partition coefficient (Wildman–Crippen LogP) is 7.33. The zero-order valence-electron chi connectivity index (χ0n) is 19.7. The molecule has 0 amide bonds. The Hall–Kier alpha value is -2.68. The lowest BCUT2D eigenvalue weighted by atomic mass is 9.72. The highest BCUT2D eigenvalue weighted by Gasteiger charge is 2.29. The molecule has 4 rings (SSSR count). The van der Waals surface area contributed by atoms with Crippen LogP contribution in [0.5, 0.6) is 0 Å². The van der Waals surface area contributed by atoms with Gasteiger partial charge >= 0.3 is 0 Å². The van der Waals surface area contributed by atoms with Gasteiger partial charge in [-0.25, -0.2) is 0 Å². The predicted molar refractivity (Wildman–Crippen MR) is 140 cm³/mol. The maximum absolute atomic E-state index is 9.63. The summed E-state index contributed by atoms with van der Waals surface area (Å²) in [5, 5.41) is 9.63. The Kier molecular flexibility index (Phi) is 6.37. The molecule has 0 aliphatic heterocycles. The molecule has 164 valence electrons. The second-order valence-electron chi connectivity index (χ2n) is 10.3. The number of benzene rings is 3. The van der Waals surface area contributed by atoms with Crippen molar-refractivity contribution in [2.45, 2.75) is 51.4 Å². The molecule has 32 heavy (non-hydrogen) atoms. The fourth-order valence-corrected chi connectivity index (χ4v) is 6.74. The molecule has 0 spiro atoms. The third kappa shape index (κ3) is 4.87. The summed E-state index contributed by atoms with van der Waals surface area (Å²) in [6, 6.07) is 27.2. The molecular weight excluding hydrogens is 404 g/mol. The summed E-state index contributed by atoms with van der Waals surface area (Å²) < 4.78 is 0. The Morgan fingerprint density at radius 2 is 1.66 bits per heavy atom. The first-order valence-electron chi connectivity index (χ1n) is 11.6. The Morgan fingerprint density at radius 3 is 2.41 bits per heavy atom. The van der Waals surface area contributed by atoms with Gasteiger partial charge in [-0.3, -0.25) is 0 Å². The average molecular weight is 439 g/mol. The van der Waals surface area contributed by atoms with E-state index in [1.165, 1.54) is 27.8 Å². The van der Waals surface area contributed by atoms with Crippen molar-refractivity contribution in [3.05, 3.63) is 118 Å². The van der Waals surface area contributed by atoms with E-state index < -0.39 is 8.07 Å². The van der Waals surface area contributed by atoms with E-state index in [1.807, 2.05) is 18.2 Å². The Balaban J connectivity index is 1.64. The van der Waals surface area contributed by atoms with E-state index >= 15 is 0 Å². The van der Waals surface area contributed by atoms with Crippen LogP contribution in [0.4, 0.5) is 0 Å². The van der Waals surface area contributed by atoms with E-state index in [-0.39, 0.29) is 12.0 Å². The molecule has 3 aromatic carbocycles. The van der Waals surface area contributed by atoms with Crippen molar-refractivity contribution in [1.29, 1.82) is 0 Å². The van der Waals surface area contributed by atoms with E-state index in [0.717, 1.165) is 23.6 Å². The number of hydrogen-bond donors (Lipinski definition) is 1. The van der Waals surface area contributed by atoms with Crippen LogP contribution in [-0.2, 0) is 18.1 Å². The van der Waals surface area contributed by atoms with Crippen LogP contribution < -0.4 is 0 Å². The van der Waals surface area contributed by atoms with Crippen LogP contribution in [0.15, 0.2) is 84.6 Å². The van der Waals surface area contributed by atoms with Gasteiger partial charge in [0.15, 0.2) is 0 Å². The van der Waals surface area contributed by atoms with Gasteiger partial charge in [-0.1, -0.05) is 118 Å². The van der Waals surface area contributed by atoms with E-state index in [4.69, 9.17) is 0 Å². The smallest absolute Gasteiger partial charge is 0.0760 e. The topological polar surface area (TPSA) is 20.2 Å². The Labute approximate surface area is 194 Å². The Bertz CT molecular complexity index is 1150. The van der Waals surface area contributed by atoms with Crippen LogP contribution >= 0.6 is 0 Å². The Morgan fingerprint density at radius 1 is 0.938 bits per heavy atom. The van der Waals surface area contributed by atoms with Gasteiger partial charge in [-0.15, -0.1) is 0 Å². The van der Waals surface area contributed by atoms with E-state index in [0.29, 0.717) is 0 Å². The summed E-state index contributed by atoms with van der Waals surface area (Å²) in [6.45, 7) is 9.62. The molecule has 0 bridgehead atoms. The molecule has 0 fully saturated rings. The van der Waals surface area contributed by atoms with Crippen molar-refractivity contribution in [1.82, 2.24) is 0 Å². The minimum absolute atomic E-state index is 0.0811. The van der Waals surface area contributed by atoms with Crippen molar-refractivity contribution in [3.63, 3.8) is 0 Å². The van der Waals surface area contributed by atoms with Gasteiger partial charge in [0, 0.05) is 0 Å². The van der Waals surface area contributed by atoms with Crippen molar-refractivity contribution >= 4 is 19.7 Å². The zero-order chi connectivity index (χ0) is 22.8. The molecule has 1 N–H and O–H groups in total. The monoisotopic (exact) mass is 438 g/mol. The molecule has 1 aliphatic rings. The highest BCUT2D eigenvalue weighted by Crippen LogP contribution is 2.41. The minimum Gasteiger partial charge on any atom is -0.392 e. The second kappa shape index (κ2) is 9.05. The van der Waals surface area contributed by atoms with Gasteiger partial charge in [0.25, 0.3) is 0 Å². The van der Waals surface area contributed by atoms with Crippen molar-refractivity contribution in [2.24, 2.45) is 0 Å². The normalized spacial score (nSPS) is 15.5. The maximum atomic E-state index is 9.63. The van der Waals surface area contributed by atoms with Crippen LogP contribution in [0.1, 0.15) is 53.6 Å². The lowest BCUT2D eigenvalue weighted by molar-refractivity contribution is 0.281. The lowest BCUT2D eigenvalue weighted by Gasteiger charge is -2.33. The fourth-order valence-electron chi connectivity index (χ4n) is 4.72. The van der Waals surface area contributed by atoms with Gasteiger partial charge in [0.05, 0.1) is 14.7 Å². The fraction of sp³-hybridized carbons (Fsp3) is 0.267. The number of aliphatic hydroxyl groups is 1. The van der Waals surface area contributed by atoms with Crippen LogP contribution in [0.25, 0.3) is 11.6 Å². The van der Waals surface area contributed by atoms with Gasteiger partial charge in [-0.2, -0.15) is 0 Å². The van der Waals surface area contributed by atoms with E-state index in [2.05, 4.69) is 99.4 Å². The quantitative estimate of drug-likeness (QED) is 0.399. The number of fused-ring (bicyclic) bond motifs is 1. The minimum atomic E-state index is -1.63. The number of hydrogen-bond acceptors (Lipinski definition) is 1. The number of allylic oxidation sites excluding steroid dienone is 1. The number of rotatable bonds is 6. The molecule has 0 saturated carbocycles. The van der Waals surface area contributed by atoms with Gasteiger partial charge < -0.3 is 5.11 Å². The number of aliphatic hydroxyl groups excluding tert-OH is 1. The standard InChI is InChI=1S/C30H34OSi/c1-30(2)18-16-27(25-11-6-5-7-12-25)28-20-23(14-15-29(28)30)22-32(3,4)19-17-24-10-8-9-13-26(24)21-31/h5-17,19-20,31H,18,21-22H2,1-4H3/b19-17-. The van der Waals surface area contributed by atoms with Crippen molar-refractivity contribution < 1.29 is 5.11 Å². The summed E-state index contributed by atoms with van der Waals surface area (Å²) in [6.07, 6.45) is 5.71. The second-order valence-corrected chi connectivity index (χ2v) is 15.0. The van der Waals surface area contributed by atoms with Gasteiger partial charge in [0.2, 0.25) is 0 Å². The van der Waals surface area contributed by atoms with Crippen LogP contribution in [0.3, 0.4) is 0 Å². The molecule has 1 nitrogen and oxygen atoms in total. The third-order valence-corrected chi connectivity index (χ3v) is 8.99. The summed E-state index contributed by atoms with van der Waals surface area (Å²) in [7, 11) is -1.63.